The number of carbonyl (C=O) groups is 2. The second kappa shape index (κ2) is 26.0. The van der Waals surface area contributed by atoms with Crippen molar-refractivity contribution in [3.63, 3.8) is 0 Å². The average molecular weight is 577 g/mol. The van der Waals surface area contributed by atoms with Gasteiger partial charge in [0.1, 0.15) is 13.2 Å². The van der Waals surface area contributed by atoms with Crippen molar-refractivity contribution in [1.82, 2.24) is 9.80 Å². The molecule has 0 aliphatic carbocycles. The topological polar surface area (TPSA) is 49.9 Å². The summed E-state index contributed by atoms with van der Waals surface area (Å²) >= 11 is 0. The molecule has 0 rings (SSSR count). The highest BCUT2D eigenvalue weighted by Gasteiger charge is 2.18. The Bertz CT molecular complexity index is 662. The van der Waals surface area contributed by atoms with E-state index in [4.69, 9.17) is 4.74 Å². The largest absolute Gasteiger partial charge is 0.362 e. The number of amides is 2. The Morgan fingerprint density at radius 2 is 0.976 bits per heavy atom. The first-order valence-electron chi connectivity index (χ1n) is 17.0. The molecule has 0 heterocycles. The predicted octanol–water partition coefficient (Wildman–Crippen LogP) is 9.37. The lowest BCUT2D eigenvalue weighted by molar-refractivity contribution is -0.142. The van der Waals surface area contributed by atoms with Crippen molar-refractivity contribution >= 4 is 11.8 Å². The van der Waals surface area contributed by atoms with Gasteiger partial charge in [-0.15, -0.1) is 0 Å². The van der Waals surface area contributed by atoms with Gasteiger partial charge < -0.3 is 14.5 Å². The monoisotopic (exact) mass is 577 g/mol. The van der Waals surface area contributed by atoms with Gasteiger partial charge >= 0.3 is 0 Å². The molecule has 0 aliphatic rings. The Kier molecular flexibility index (Phi) is 25.0. The van der Waals surface area contributed by atoms with Crippen molar-refractivity contribution in [3.05, 3.63) is 23.3 Å². The van der Waals surface area contributed by atoms with Crippen LogP contribution in [0.2, 0.25) is 0 Å². The van der Waals surface area contributed by atoms with Crippen LogP contribution in [-0.4, -0.2) is 61.0 Å². The minimum Gasteiger partial charge on any atom is -0.362 e. The Balaban J connectivity index is 4.89. The van der Waals surface area contributed by atoms with E-state index < -0.39 is 0 Å². The molecule has 5 nitrogen and oxygen atoms in total. The van der Waals surface area contributed by atoms with Gasteiger partial charge in [-0.05, 0) is 90.9 Å². The zero-order chi connectivity index (χ0) is 30.9. The first-order chi connectivity index (χ1) is 19.6. The molecule has 0 fully saturated rings. The molecule has 0 bridgehead atoms. The summed E-state index contributed by atoms with van der Waals surface area (Å²) in [5.41, 5.74) is 2.73. The van der Waals surface area contributed by atoms with Crippen LogP contribution in [0.5, 0.6) is 0 Å². The summed E-state index contributed by atoms with van der Waals surface area (Å²) < 4.78 is 5.77. The normalized spacial score (nSPS) is 12.5. The number of ether oxygens (including phenoxy) is 1. The number of rotatable bonds is 26. The maximum absolute atomic E-state index is 13.1. The molecule has 0 aromatic heterocycles. The highest BCUT2D eigenvalue weighted by molar-refractivity contribution is 5.79. The van der Waals surface area contributed by atoms with E-state index in [9.17, 15) is 9.59 Å². The van der Waals surface area contributed by atoms with Gasteiger partial charge in [-0.25, -0.2) is 0 Å². The third-order valence-corrected chi connectivity index (χ3v) is 7.93. The van der Waals surface area contributed by atoms with Crippen LogP contribution < -0.4 is 0 Å². The number of unbranched alkanes of at least 4 members (excludes halogenated alkanes) is 6. The second-order valence-electron chi connectivity index (χ2n) is 12.9. The van der Waals surface area contributed by atoms with E-state index in [2.05, 4.69) is 67.5 Å². The Labute approximate surface area is 255 Å². The molecule has 0 N–H and O–H groups in total. The highest BCUT2D eigenvalue weighted by atomic mass is 16.5. The summed E-state index contributed by atoms with van der Waals surface area (Å²) in [7, 11) is 0. The maximum atomic E-state index is 13.1. The van der Waals surface area contributed by atoms with E-state index in [0.717, 1.165) is 90.4 Å². The van der Waals surface area contributed by atoms with Crippen LogP contribution in [0.15, 0.2) is 23.3 Å². The smallest absolute Gasteiger partial charge is 0.248 e. The van der Waals surface area contributed by atoms with Gasteiger partial charge in [0, 0.05) is 26.2 Å². The fourth-order valence-corrected chi connectivity index (χ4v) is 4.94. The Morgan fingerprint density at radius 3 is 1.32 bits per heavy atom. The molecule has 0 spiro atoms. The summed E-state index contributed by atoms with van der Waals surface area (Å²) in [6.45, 7) is 20.7. The van der Waals surface area contributed by atoms with Crippen molar-refractivity contribution in [1.29, 1.82) is 0 Å². The Morgan fingerprint density at radius 1 is 0.585 bits per heavy atom. The van der Waals surface area contributed by atoms with Crippen molar-refractivity contribution < 1.29 is 14.3 Å². The molecule has 5 heteroatoms. The third kappa shape index (κ3) is 23.6. The lowest BCUT2D eigenvalue weighted by Crippen LogP contribution is -2.39. The molecular formula is C36H68N2O3. The average Bonchev–Trinajstić information content (AvgIpc) is 2.91. The van der Waals surface area contributed by atoms with Gasteiger partial charge in [0.2, 0.25) is 11.8 Å². The molecule has 240 valence electrons. The van der Waals surface area contributed by atoms with Gasteiger partial charge in [0.25, 0.3) is 0 Å². The fraction of sp³-hybridized carbons (Fsp3) is 0.833. The van der Waals surface area contributed by atoms with E-state index in [-0.39, 0.29) is 25.0 Å². The first-order valence-corrected chi connectivity index (χ1v) is 17.0. The molecule has 0 radical (unpaired) electrons. The highest BCUT2D eigenvalue weighted by Crippen LogP contribution is 2.15. The van der Waals surface area contributed by atoms with Gasteiger partial charge in [-0.3, -0.25) is 9.59 Å². The summed E-state index contributed by atoms with van der Waals surface area (Å²) in [6, 6.07) is 0. The lowest BCUT2D eigenvalue weighted by atomic mass is 10.0. The van der Waals surface area contributed by atoms with Gasteiger partial charge in [-0.2, -0.15) is 0 Å². The van der Waals surface area contributed by atoms with E-state index in [1.54, 1.807) is 0 Å². The standard InChI is InChI=1S/C36H68N2O3/c1-9-11-13-15-25-37(27-23-33(7)21-17-19-31(3)4)35(39)29-41-30-36(40)38(26-16-14-12-10-2)28-24-34(8)22-18-20-32(5)6/h19-20,33-34H,9-18,21-30H2,1-8H3. The molecule has 41 heavy (non-hydrogen) atoms. The summed E-state index contributed by atoms with van der Waals surface area (Å²) in [5.74, 6) is 1.19. The molecule has 0 aliphatic heterocycles. The SMILES string of the molecule is CCCCCCN(CCC(C)CCC=C(C)C)C(=O)COCC(=O)N(CCCCCC)CCC(C)CCC=C(C)C. The quantitative estimate of drug-likeness (QED) is 0.0761. The maximum Gasteiger partial charge on any atom is 0.248 e. The van der Waals surface area contributed by atoms with Gasteiger partial charge in [0.05, 0.1) is 0 Å². The zero-order valence-electron chi connectivity index (χ0n) is 28.6. The van der Waals surface area contributed by atoms with Crippen LogP contribution in [0.4, 0.5) is 0 Å². The number of nitrogens with zero attached hydrogens (tertiary/aromatic N) is 2. The van der Waals surface area contributed by atoms with Crippen LogP contribution in [0.25, 0.3) is 0 Å². The van der Waals surface area contributed by atoms with Crippen LogP contribution in [-0.2, 0) is 14.3 Å². The third-order valence-electron chi connectivity index (χ3n) is 7.93. The van der Waals surface area contributed by atoms with Crippen LogP contribution in [0, 0.1) is 11.8 Å². The minimum atomic E-state index is -0.00551. The van der Waals surface area contributed by atoms with E-state index in [1.165, 1.54) is 36.8 Å². The summed E-state index contributed by atoms with van der Waals surface area (Å²) in [6.07, 6.45) is 20.2. The van der Waals surface area contributed by atoms with Crippen molar-refractivity contribution in [3.8, 4) is 0 Å². The lowest BCUT2D eigenvalue weighted by Gasteiger charge is -2.26. The van der Waals surface area contributed by atoms with E-state index in [1.807, 2.05) is 9.80 Å². The number of hydrogen-bond donors (Lipinski definition) is 0. The molecule has 2 atom stereocenters. The van der Waals surface area contributed by atoms with Crippen LogP contribution in [0.3, 0.4) is 0 Å². The number of carbonyl (C=O) groups excluding carboxylic acids is 2. The van der Waals surface area contributed by atoms with Crippen molar-refractivity contribution in [2.75, 3.05) is 39.4 Å². The number of allylic oxidation sites excluding steroid dienone is 4. The molecule has 2 amide bonds. The van der Waals surface area contributed by atoms with Crippen molar-refractivity contribution in [2.24, 2.45) is 11.8 Å². The molecule has 2 unspecified atom stereocenters. The van der Waals surface area contributed by atoms with Crippen LogP contribution in [0.1, 0.15) is 145 Å². The molecular weight excluding hydrogens is 508 g/mol. The first kappa shape index (κ1) is 39.4. The minimum absolute atomic E-state index is 0.00551. The zero-order valence-corrected chi connectivity index (χ0v) is 28.6. The molecule has 0 aromatic carbocycles. The van der Waals surface area contributed by atoms with Crippen molar-refractivity contribution in [2.45, 2.75) is 145 Å². The summed E-state index contributed by atoms with van der Waals surface area (Å²) in [4.78, 5) is 30.2. The fourth-order valence-electron chi connectivity index (χ4n) is 4.94. The predicted molar refractivity (Wildman–Crippen MR) is 177 cm³/mol. The van der Waals surface area contributed by atoms with Gasteiger partial charge in [-0.1, -0.05) is 89.5 Å². The Hall–Kier alpha value is -1.62. The summed E-state index contributed by atoms with van der Waals surface area (Å²) in [5, 5.41) is 0. The number of hydrogen-bond acceptors (Lipinski definition) is 3. The molecule has 0 saturated carbocycles. The van der Waals surface area contributed by atoms with Gasteiger partial charge in [0.15, 0.2) is 0 Å². The second-order valence-corrected chi connectivity index (χ2v) is 12.9. The van der Waals surface area contributed by atoms with E-state index >= 15 is 0 Å². The van der Waals surface area contributed by atoms with Crippen LogP contribution >= 0.6 is 0 Å². The molecule has 0 saturated heterocycles. The van der Waals surface area contributed by atoms with E-state index in [0.29, 0.717) is 11.8 Å². The molecule has 0 aromatic rings.